The van der Waals surface area contributed by atoms with Crippen molar-refractivity contribution in [3.05, 3.63) is 73.2 Å². The van der Waals surface area contributed by atoms with Crippen LogP contribution in [0, 0.1) is 12.3 Å². The average molecular weight is 309 g/mol. The molecular formula is C21H15N3. The zero-order chi connectivity index (χ0) is 16.4. The van der Waals surface area contributed by atoms with Gasteiger partial charge >= 0.3 is 0 Å². The van der Waals surface area contributed by atoms with E-state index in [9.17, 15) is 0 Å². The largest absolute Gasteiger partial charge is 0.318 e. The van der Waals surface area contributed by atoms with Gasteiger partial charge in [0.25, 0.3) is 0 Å². The average Bonchev–Trinajstić information content (AvgIpc) is 3.06. The van der Waals surface area contributed by atoms with E-state index in [4.69, 9.17) is 6.42 Å². The van der Waals surface area contributed by atoms with Crippen molar-refractivity contribution in [2.24, 2.45) is 0 Å². The van der Waals surface area contributed by atoms with E-state index in [2.05, 4.69) is 40.2 Å². The smallest absolute Gasteiger partial charge is 0.0967 e. The Labute approximate surface area is 140 Å². The van der Waals surface area contributed by atoms with Gasteiger partial charge in [-0.05, 0) is 12.1 Å². The summed E-state index contributed by atoms with van der Waals surface area (Å²) in [6, 6.07) is 20.4. The lowest BCUT2D eigenvalue weighted by atomic mass is 10.0. The zero-order valence-corrected chi connectivity index (χ0v) is 13.1. The van der Waals surface area contributed by atoms with Crippen LogP contribution in [0.3, 0.4) is 0 Å². The maximum atomic E-state index is 5.53. The van der Waals surface area contributed by atoms with Crippen LogP contribution in [0.2, 0.25) is 0 Å². The number of hydrogen-bond donors (Lipinski definition) is 0. The first-order chi connectivity index (χ1) is 11.9. The number of nitrogens with zero attached hydrogens (tertiary/aromatic N) is 3. The lowest BCUT2D eigenvalue weighted by molar-refractivity contribution is 0.848. The van der Waals surface area contributed by atoms with Crippen LogP contribution in [0.1, 0.15) is 0 Å². The zero-order valence-electron chi connectivity index (χ0n) is 13.1. The fraction of sp³-hybridized carbons (Fsp3) is 0.0476. The minimum atomic E-state index is 0.474. The van der Waals surface area contributed by atoms with Gasteiger partial charge in [-0.25, -0.2) is 4.98 Å². The highest BCUT2D eigenvalue weighted by molar-refractivity contribution is 5.86. The van der Waals surface area contributed by atoms with Crippen LogP contribution in [-0.2, 0) is 6.54 Å². The fourth-order valence-electron chi connectivity index (χ4n) is 2.91. The van der Waals surface area contributed by atoms with Gasteiger partial charge in [-0.3, -0.25) is 4.98 Å². The van der Waals surface area contributed by atoms with Gasteiger partial charge in [0.2, 0.25) is 0 Å². The van der Waals surface area contributed by atoms with Gasteiger partial charge in [0.15, 0.2) is 0 Å². The van der Waals surface area contributed by atoms with Gasteiger partial charge in [-0.15, -0.1) is 6.42 Å². The third kappa shape index (κ3) is 2.45. The van der Waals surface area contributed by atoms with Gasteiger partial charge < -0.3 is 4.57 Å². The predicted octanol–water partition coefficient (Wildman–Crippen LogP) is 4.40. The molecule has 0 aliphatic rings. The van der Waals surface area contributed by atoms with Crippen molar-refractivity contribution in [2.75, 3.05) is 0 Å². The highest BCUT2D eigenvalue weighted by atomic mass is 15.1. The molecule has 114 valence electrons. The summed E-state index contributed by atoms with van der Waals surface area (Å²) < 4.78 is 1.99. The van der Waals surface area contributed by atoms with E-state index in [0.717, 1.165) is 33.4 Å². The number of benzene rings is 2. The summed E-state index contributed by atoms with van der Waals surface area (Å²) in [7, 11) is 0. The molecule has 0 amide bonds. The number of para-hydroxylation sites is 1. The molecule has 24 heavy (non-hydrogen) atoms. The molecule has 0 saturated heterocycles. The third-order valence-corrected chi connectivity index (χ3v) is 4.01. The Morgan fingerprint density at radius 3 is 2.54 bits per heavy atom. The van der Waals surface area contributed by atoms with Crippen LogP contribution in [0.25, 0.3) is 33.4 Å². The SMILES string of the molecule is C#CCn1cnc(-c2ccccc2)c1-c1cnc2ccccc2c1. The van der Waals surface area contributed by atoms with Crippen molar-refractivity contribution in [1.29, 1.82) is 0 Å². The van der Waals surface area contributed by atoms with Crippen LogP contribution in [0.15, 0.2) is 73.2 Å². The molecule has 0 spiro atoms. The van der Waals surface area contributed by atoms with E-state index in [1.165, 1.54) is 0 Å². The van der Waals surface area contributed by atoms with Crippen molar-refractivity contribution in [3.63, 3.8) is 0 Å². The number of imidazole rings is 1. The third-order valence-electron chi connectivity index (χ3n) is 4.01. The molecule has 3 nitrogen and oxygen atoms in total. The number of terminal acetylenes is 1. The number of fused-ring (bicyclic) bond motifs is 1. The quantitative estimate of drug-likeness (QED) is 0.525. The van der Waals surface area contributed by atoms with Crippen molar-refractivity contribution >= 4 is 10.9 Å². The van der Waals surface area contributed by atoms with E-state index in [1.54, 1.807) is 6.33 Å². The summed E-state index contributed by atoms with van der Waals surface area (Å²) in [6.07, 6.45) is 9.22. The summed E-state index contributed by atoms with van der Waals surface area (Å²) in [5, 5.41) is 1.10. The van der Waals surface area contributed by atoms with Gasteiger partial charge in [0, 0.05) is 22.7 Å². The van der Waals surface area contributed by atoms with Gasteiger partial charge in [0.1, 0.15) is 0 Å². The molecule has 0 atom stereocenters. The highest BCUT2D eigenvalue weighted by Crippen LogP contribution is 2.32. The van der Waals surface area contributed by atoms with E-state index in [1.807, 2.05) is 47.2 Å². The van der Waals surface area contributed by atoms with Crippen LogP contribution < -0.4 is 0 Å². The van der Waals surface area contributed by atoms with Crippen LogP contribution >= 0.6 is 0 Å². The van der Waals surface area contributed by atoms with Crippen molar-refractivity contribution in [2.45, 2.75) is 6.54 Å². The van der Waals surface area contributed by atoms with Crippen molar-refractivity contribution < 1.29 is 0 Å². The summed E-state index contributed by atoms with van der Waals surface area (Å²) in [5.41, 5.74) is 4.97. The van der Waals surface area contributed by atoms with Crippen LogP contribution in [-0.4, -0.2) is 14.5 Å². The summed E-state index contributed by atoms with van der Waals surface area (Å²) in [5.74, 6) is 2.70. The standard InChI is InChI=1S/C21H15N3/c1-2-12-24-15-23-20(16-8-4-3-5-9-16)21(24)18-13-17-10-6-7-11-19(17)22-14-18/h1,3-11,13-15H,12H2. The van der Waals surface area contributed by atoms with Crippen molar-refractivity contribution in [1.82, 2.24) is 14.5 Å². The molecule has 4 aromatic rings. The highest BCUT2D eigenvalue weighted by Gasteiger charge is 2.15. The first-order valence-electron chi connectivity index (χ1n) is 7.76. The Bertz CT molecular complexity index is 1040. The molecule has 3 heteroatoms. The minimum Gasteiger partial charge on any atom is -0.318 e. The molecule has 0 fully saturated rings. The summed E-state index contributed by atoms with van der Waals surface area (Å²) >= 11 is 0. The monoisotopic (exact) mass is 309 g/mol. The summed E-state index contributed by atoms with van der Waals surface area (Å²) in [6.45, 7) is 0.474. The second kappa shape index (κ2) is 6.02. The normalized spacial score (nSPS) is 10.6. The summed E-state index contributed by atoms with van der Waals surface area (Å²) in [4.78, 5) is 9.18. The Kier molecular flexibility index (Phi) is 3.57. The first-order valence-corrected chi connectivity index (χ1v) is 7.76. The lowest BCUT2D eigenvalue weighted by Crippen LogP contribution is -1.98. The predicted molar refractivity (Wildman–Crippen MR) is 97.2 cm³/mol. The molecular weight excluding hydrogens is 294 g/mol. The molecule has 0 bridgehead atoms. The Hall–Kier alpha value is -3.38. The van der Waals surface area contributed by atoms with Crippen LogP contribution in [0.4, 0.5) is 0 Å². The number of rotatable bonds is 3. The Balaban J connectivity index is 1.94. The fourth-order valence-corrected chi connectivity index (χ4v) is 2.91. The van der Waals surface area contributed by atoms with Gasteiger partial charge in [0.05, 0.1) is 29.8 Å². The second-order valence-electron chi connectivity index (χ2n) is 5.56. The number of aromatic nitrogens is 3. The first kappa shape index (κ1) is 14.2. The molecule has 2 aromatic heterocycles. The molecule has 0 aliphatic heterocycles. The topological polar surface area (TPSA) is 30.7 Å². The molecule has 0 N–H and O–H groups in total. The number of hydrogen-bond acceptors (Lipinski definition) is 2. The molecule has 0 unspecified atom stereocenters. The Morgan fingerprint density at radius 2 is 1.71 bits per heavy atom. The molecule has 0 saturated carbocycles. The van der Waals surface area contributed by atoms with E-state index < -0.39 is 0 Å². The van der Waals surface area contributed by atoms with Gasteiger partial charge in [-0.2, -0.15) is 0 Å². The second-order valence-corrected chi connectivity index (χ2v) is 5.56. The van der Waals surface area contributed by atoms with Gasteiger partial charge in [-0.1, -0.05) is 54.5 Å². The van der Waals surface area contributed by atoms with E-state index >= 15 is 0 Å². The number of pyridine rings is 1. The molecule has 2 heterocycles. The van der Waals surface area contributed by atoms with Crippen LogP contribution in [0.5, 0.6) is 0 Å². The van der Waals surface area contributed by atoms with E-state index in [-0.39, 0.29) is 0 Å². The molecule has 0 radical (unpaired) electrons. The maximum absolute atomic E-state index is 5.53. The van der Waals surface area contributed by atoms with E-state index in [0.29, 0.717) is 6.54 Å². The maximum Gasteiger partial charge on any atom is 0.0967 e. The minimum absolute atomic E-state index is 0.474. The molecule has 4 rings (SSSR count). The molecule has 0 aliphatic carbocycles. The molecule has 2 aromatic carbocycles. The Morgan fingerprint density at radius 1 is 0.917 bits per heavy atom. The lowest BCUT2D eigenvalue weighted by Gasteiger charge is -2.09. The van der Waals surface area contributed by atoms with Crippen molar-refractivity contribution in [3.8, 4) is 34.9 Å².